The molecule has 0 radical (unpaired) electrons. The van der Waals surface area contributed by atoms with Crippen molar-refractivity contribution in [3.05, 3.63) is 45.9 Å². The lowest BCUT2D eigenvalue weighted by Crippen LogP contribution is -2.22. The summed E-state index contributed by atoms with van der Waals surface area (Å²) in [7, 11) is 0. The van der Waals surface area contributed by atoms with E-state index in [9.17, 15) is 9.59 Å². The van der Waals surface area contributed by atoms with Gasteiger partial charge in [-0.25, -0.2) is 14.3 Å². The van der Waals surface area contributed by atoms with Crippen LogP contribution in [0.15, 0.2) is 30.3 Å². The highest BCUT2D eigenvalue weighted by molar-refractivity contribution is 7.20. The topological polar surface area (TPSA) is 70.4 Å². The molecule has 8 heteroatoms. The molecule has 0 N–H and O–H groups in total. The predicted molar refractivity (Wildman–Crippen MR) is 93.5 cm³/mol. The lowest BCUT2D eigenvalue weighted by atomic mass is 10.3. The van der Waals surface area contributed by atoms with Crippen LogP contribution >= 0.6 is 22.9 Å². The number of halogens is 1. The molecule has 1 aliphatic rings. The van der Waals surface area contributed by atoms with Gasteiger partial charge in [0.1, 0.15) is 9.71 Å². The summed E-state index contributed by atoms with van der Waals surface area (Å²) in [6.45, 7) is 2.16. The van der Waals surface area contributed by atoms with Gasteiger partial charge in [-0.15, -0.1) is 11.3 Å². The number of benzene rings is 1. The van der Waals surface area contributed by atoms with E-state index in [1.165, 1.54) is 11.3 Å². The molecule has 0 aliphatic carbocycles. The Morgan fingerprint density at radius 1 is 1.44 bits per heavy atom. The number of hydrogen-bond donors (Lipinski definition) is 0. The Morgan fingerprint density at radius 2 is 2.28 bits per heavy atom. The van der Waals surface area contributed by atoms with Crippen molar-refractivity contribution < 1.29 is 19.1 Å². The number of rotatable bonds is 3. The molecule has 128 valence electrons. The maximum absolute atomic E-state index is 12.4. The zero-order chi connectivity index (χ0) is 17.6. The van der Waals surface area contributed by atoms with E-state index >= 15 is 0 Å². The molecule has 1 saturated heterocycles. The van der Waals surface area contributed by atoms with Crippen molar-refractivity contribution in [1.29, 1.82) is 0 Å². The zero-order valence-corrected chi connectivity index (χ0v) is 14.8. The quantitative estimate of drug-likeness (QED) is 0.654. The van der Waals surface area contributed by atoms with Crippen molar-refractivity contribution in [3.8, 4) is 5.69 Å². The summed E-state index contributed by atoms with van der Waals surface area (Å²) in [5.74, 6) is -1.02. The van der Waals surface area contributed by atoms with Gasteiger partial charge in [0.25, 0.3) is 0 Å². The second-order valence-corrected chi connectivity index (χ2v) is 7.12. The van der Waals surface area contributed by atoms with Crippen molar-refractivity contribution in [2.24, 2.45) is 0 Å². The molecule has 3 heterocycles. The number of carbonyl (C=O) groups excluding carboxylic acids is 2. The lowest BCUT2D eigenvalue weighted by Gasteiger charge is -2.06. The van der Waals surface area contributed by atoms with Crippen LogP contribution in [-0.4, -0.2) is 34.4 Å². The zero-order valence-electron chi connectivity index (χ0n) is 13.2. The number of aryl methyl sites for hydroxylation is 1. The summed E-state index contributed by atoms with van der Waals surface area (Å²) in [4.78, 5) is 25.1. The molecule has 0 saturated carbocycles. The van der Waals surface area contributed by atoms with Gasteiger partial charge >= 0.3 is 11.9 Å². The van der Waals surface area contributed by atoms with Crippen molar-refractivity contribution in [3.63, 3.8) is 0 Å². The van der Waals surface area contributed by atoms with Crippen LogP contribution in [0.1, 0.15) is 21.8 Å². The maximum Gasteiger partial charge on any atom is 0.349 e. The van der Waals surface area contributed by atoms with Gasteiger partial charge < -0.3 is 9.47 Å². The molecule has 4 rings (SSSR count). The number of aromatic nitrogens is 2. The second kappa shape index (κ2) is 6.16. The maximum atomic E-state index is 12.4. The third-order valence-electron chi connectivity index (χ3n) is 3.94. The van der Waals surface area contributed by atoms with E-state index in [4.69, 9.17) is 21.1 Å². The number of thiophene rings is 1. The summed E-state index contributed by atoms with van der Waals surface area (Å²) >= 11 is 7.33. The van der Waals surface area contributed by atoms with Crippen LogP contribution in [0.2, 0.25) is 5.02 Å². The van der Waals surface area contributed by atoms with Crippen LogP contribution in [0.3, 0.4) is 0 Å². The van der Waals surface area contributed by atoms with Crippen molar-refractivity contribution in [2.45, 2.75) is 19.4 Å². The summed E-state index contributed by atoms with van der Waals surface area (Å²) in [6.07, 6.45) is -0.423. The first-order valence-electron chi connectivity index (χ1n) is 7.65. The first-order valence-corrected chi connectivity index (χ1v) is 8.85. The van der Waals surface area contributed by atoms with Gasteiger partial charge in [0.15, 0.2) is 0 Å². The predicted octanol–water partition coefficient (Wildman–Crippen LogP) is 3.52. The Morgan fingerprint density at radius 3 is 3.00 bits per heavy atom. The van der Waals surface area contributed by atoms with Crippen LogP contribution < -0.4 is 0 Å². The molecule has 25 heavy (non-hydrogen) atoms. The highest BCUT2D eigenvalue weighted by atomic mass is 35.5. The minimum absolute atomic E-state index is 0.284. The first kappa shape index (κ1) is 16.1. The Balaban J connectivity index is 1.69. The Labute approximate surface area is 151 Å². The highest BCUT2D eigenvalue weighted by Crippen LogP contribution is 2.31. The van der Waals surface area contributed by atoms with Crippen LogP contribution in [0.5, 0.6) is 0 Å². The van der Waals surface area contributed by atoms with E-state index in [1.54, 1.807) is 22.9 Å². The summed E-state index contributed by atoms with van der Waals surface area (Å²) in [5.41, 5.74) is 1.61. The first-order chi connectivity index (χ1) is 12.0. The summed E-state index contributed by atoms with van der Waals surface area (Å²) in [5, 5.41) is 5.99. The molecule has 0 spiro atoms. The molecule has 0 unspecified atom stereocenters. The molecular formula is C17H13ClN2O4S. The fraction of sp³-hybridized carbons (Fsp3) is 0.235. The van der Waals surface area contributed by atoms with E-state index < -0.39 is 18.0 Å². The van der Waals surface area contributed by atoms with Gasteiger partial charge in [-0.3, -0.25) is 0 Å². The molecule has 1 aromatic carbocycles. The molecule has 2 aromatic heterocycles. The molecular weight excluding hydrogens is 364 g/mol. The van der Waals surface area contributed by atoms with Crippen LogP contribution in [0, 0.1) is 6.92 Å². The SMILES string of the molecule is Cc1nn(-c2cccc(Cl)c2)c2sc(C(=O)O[C@@H]3CCOC3=O)cc12. The average Bonchev–Trinajstić information content (AvgIpc) is 3.25. The molecule has 6 nitrogen and oxygen atoms in total. The van der Waals surface area contributed by atoms with Crippen LogP contribution in [0.4, 0.5) is 0 Å². The Kier molecular flexibility index (Phi) is 3.97. The molecule has 0 bridgehead atoms. The van der Waals surface area contributed by atoms with Crippen LogP contribution in [-0.2, 0) is 14.3 Å². The third kappa shape index (κ3) is 2.89. The number of cyclic esters (lactones) is 1. The van der Waals surface area contributed by atoms with Gasteiger partial charge in [-0.2, -0.15) is 5.10 Å². The van der Waals surface area contributed by atoms with Crippen molar-refractivity contribution in [2.75, 3.05) is 6.61 Å². The number of esters is 2. The van der Waals surface area contributed by atoms with E-state index in [2.05, 4.69) is 5.10 Å². The van der Waals surface area contributed by atoms with E-state index in [0.29, 0.717) is 16.3 Å². The number of hydrogen-bond acceptors (Lipinski definition) is 6. The average molecular weight is 377 g/mol. The molecule has 1 aliphatic heterocycles. The van der Waals surface area contributed by atoms with Gasteiger partial charge in [0.2, 0.25) is 6.10 Å². The second-order valence-electron chi connectivity index (χ2n) is 5.66. The number of fused-ring (bicyclic) bond motifs is 1. The Hall–Kier alpha value is -2.38. The Bertz CT molecular complexity index is 994. The molecule has 1 atom stereocenters. The monoisotopic (exact) mass is 376 g/mol. The summed E-state index contributed by atoms with van der Waals surface area (Å²) < 4.78 is 11.8. The van der Waals surface area contributed by atoms with Gasteiger partial charge in [0.05, 0.1) is 18.0 Å². The van der Waals surface area contributed by atoms with Gasteiger partial charge in [-0.1, -0.05) is 17.7 Å². The fourth-order valence-electron chi connectivity index (χ4n) is 2.70. The summed E-state index contributed by atoms with van der Waals surface area (Å²) in [6, 6.07) is 9.07. The standard InChI is InChI=1S/C17H13ClN2O4S/c1-9-12-8-14(17(22)24-13-5-6-23-16(13)21)25-15(12)20(19-9)11-4-2-3-10(18)7-11/h2-4,7-8,13H,5-6H2,1H3/t13-/m1/s1. The highest BCUT2D eigenvalue weighted by Gasteiger charge is 2.31. The van der Waals surface area contributed by atoms with Crippen molar-refractivity contribution >= 4 is 45.1 Å². The van der Waals surface area contributed by atoms with Crippen LogP contribution in [0.25, 0.3) is 15.9 Å². The van der Waals surface area contributed by atoms with Crippen molar-refractivity contribution in [1.82, 2.24) is 9.78 Å². The number of ether oxygens (including phenoxy) is 2. The molecule has 1 fully saturated rings. The minimum atomic E-state index is -0.816. The normalized spacial score (nSPS) is 17.0. The fourth-order valence-corrected chi connectivity index (χ4v) is 3.95. The molecule has 3 aromatic rings. The van der Waals surface area contributed by atoms with E-state index in [0.717, 1.165) is 21.6 Å². The number of nitrogens with zero attached hydrogens (tertiary/aromatic N) is 2. The largest absolute Gasteiger partial charge is 0.463 e. The van der Waals surface area contributed by atoms with E-state index in [-0.39, 0.29) is 6.61 Å². The van der Waals surface area contributed by atoms with E-state index in [1.807, 2.05) is 19.1 Å². The lowest BCUT2D eigenvalue weighted by molar-refractivity contribution is -0.145. The number of carbonyl (C=O) groups is 2. The smallest absolute Gasteiger partial charge is 0.349 e. The van der Waals surface area contributed by atoms with Gasteiger partial charge in [-0.05, 0) is 31.2 Å². The van der Waals surface area contributed by atoms with Gasteiger partial charge in [0, 0.05) is 16.8 Å². The third-order valence-corrected chi connectivity index (χ3v) is 5.26. The molecule has 0 amide bonds. The minimum Gasteiger partial charge on any atom is -0.463 e.